The third-order valence-electron chi connectivity index (χ3n) is 10.6. The van der Waals surface area contributed by atoms with Crippen LogP contribution >= 0.6 is 0 Å². The molecule has 11 aromatic rings. The van der Waals surface area contributed by atoms with Crippen LogP contribution in [0.25, 0.3) is 87.7 Å². The van der Waals surface area contributed by atoms with Crippen molar-refractivity contribution in [1.29, 1.82) is 0 Å². The van der Waals surface area contributed by atoms with Crippen LogP contribution < -0.4 is 4.90 Å². The second kappa shape index (κ2) is 11.7. The van der Waals surface area contributed by atoms with Crippen LogP contribution in [-0.2, 0) is 0 Å². The maximum Gasteiger partial charge on any atom is 0.143 e. The molecule has 3 heteroatoms. The molecule has 11 rings (SSSR count). The average Bonchev–Trinajstić information content (AvgIpc) is 3.81. The Kier molecular flexibility index (Phi) is 6.55. The number of hydrogen-bond acceptors (Lipinski definition) is 3. The van der Waals surface area contributed by atoms with Gasteiger partial charge in [0.2, 0.25) is 0 Å². The Hall–Kier alpha value is -7.10. The predicted molar refractivity (Wildman–Crippen MR) is 222 cm³/mol. The summed E-state index contributed by atoms with van der Waals surface area (Å²) in [5.41, 5.74) is 11.2. The zero-order valence-corrected chi connectivity index (χ0v) is 28.7. The van der Waals surface area contributed by atoms with Crippen molar-refractivity contribution >= 4 is 82.5 Å². The molecular weight excluding hydrogens is 647 g/mol. The van der Waals surface area contributed by atoms with Crippen molar-refractivity contribution in [2.75, 3.05) is 4.90 Å². The van der Waals surface area contributed by atoms with Crippen LogP contribution in [0.5, 0.6) is 0 Å². The number of para-hydroxylation sites is 3. The average molecular weight is 678 g/mol. The van der Waals surface area contributed by atoms with Crippen molar-refractivity contribution < 1.29 is 8.83 Å². The summed E-state index contributed by atoms with van der Waals surface area (Å²) in [6, 6.07) is 66.5. The molecule has 0 bridgehead atoms. The summed E-state index contributed by atoms with van der Waals surface area (Å²) >= 11 is 0. The van der Waals surface area contributed by atoms with Crippen molar-refractivity contribution in [1.82, 2.24) is 0 Å². The van der Waals surface area contributed by atoms with Crippen molar-refractivity contribution in [2.45, 2.75) is 0 Å². The first kappa shape index (κ1) is 29.6. The fourth-order valence-electron chi connectivity index (χ4n) is 8.35. The van der Waals surface area contributed by atoms with E-state index < -0.39 is 0 Å². The van der Waals surface area contributed by atoms with Crippen molar-refractivity contribution in [3.63, 3.8) is 0 Å². The Labute approximate surface area is 305 Å². The van der Waals surface area contributed by atoms with Crippen molar-refractivity contribution in [3.05, 3.63) is 188 Å². The highest BCUT2D eigenvalue weighted by atomic mass is 16.3. The van der Waals surface area contributed by atoms with Gasteiger partial charge in [0, 0.05) is 38.5 Å². The minimum Gasteiger partial charge on any atom is -0.455 e. The highest BCUT2D eigenvalue weighted by Gasteiger charge is 2.24. The Morgan fingerprint density at radius 1 is 0.321 bits per heavy atom. The minimum absolute atomic E-state index is 0.844. The van der Waals surface area contributed by atoms with Gasteiger partial charge in [-0.05, 0) is 87.4 Å². The van der Waals surface area contributed by atoms with Gasteiger partial charge in [0.05, 0.1) is 11.1 Å². The fraction of sp³-hybridized carbons (Fsp3) is 0. The molecular formula is C50H31NO2. The number of fused-ring (bicyclic) bond motifs is 9. The third-order valence-corrected chi connectivity index (χ3v) is 10.6. The Morgan fingerprint density at radius 2 is 0.906 bits per heavy atom. The molecule has 0 unspecified atom stereocenters. The molecule has 0 aliphatic rings. The normalized spacial score (nSPS) is 11.8. The van der Waals surface area contributed by atoms with Crippen LogP contribution in [0.1, 0.15) is 0 Å². The molecule has 0 spiro atoms. The van der Waals surface area contributed by atoms with E-state index in [2.05, 4.69) is 187 Å². The molecule has 0 aliphatic heterocycles. The van der Waals surface area contributed by atoms with Gasteiger partial charge in [0.25, 0.3) is 0 Å². The molecule has 2 heterocycles. The van der Waals surface area contributed by atoms with E-state index >= 15 is 0 Å². The highest BCUT2D eigenvalue weighted by molar-refractivity contribution is 6.25. The summed E-state index contributed by atoms with van der Waals surface area (Å²) < 4.78 is 13.7. The largest absolute Gasteiger partial charge is 0.455 e. The molecule has 0 saturated heterocycles. The van der Waals surface area contributed by atoms with Gasteiger partial charge < -0.3 is 13.7 Å². The van der Waals surface area contributed by atoms with Crippen LogP contribution in [0.4, 0.5) is 17.1 Å². The summed E-state index contributed by atoms with van der Waals surface area (Å²) in [6.07, 6.45) is 0. The van der Waals surface area contributed by atoms with Gasteiger partial charge in [-0.2, -0.15) is 0 Å². The molecule has 9 aromatic carbocycles. The number of furan rings is 2. The fourth-order valence-corrected chi connectivity index (χ4v) is 8.35. The van der Waals surface area contributed by atoms with Gasteiger partial charge in [-0.25, -0.2) is 0 Å². The minimum atomic E-state index is 0.844. The van der Waals surface area contributed by atoms with Crippen LogP contribution in [-0.4, -0.2) is 0 Å². The molecule has 0 atom stereocenters. The van der Waals surface area contributed by atoms with E-state index in [0.29, 0.717) is 0 Å². The van der Waals surface area contributed by atoms with Gasteiger partial charge in [0.1, 0.15) is 22.3 Å². The smallest absolute Gasteiger partial charge is 0.143 e. The topological polar surface area (TPSA) is 29.5 Å². The van der Waals surface area contributed by atoms with Gasteiger partial charge in [-0.15, -0.1) is 0 Å². The first-order valence-corrected chi connectivity index (χ1v) is 18.0. The zero-order chi connectivity index (χ0) is 34.9. The van der Waals surface area contributed by atoms with Gasteiger partial charge in [-0.3, -0.25) is 0 Å². The van der Waals surface area contributed by atoms with Crippen LogP contribution in [0.2, 0.25) is 0 Å². The molecule has 2 aromatic heterocycles. The molecule has 0 N–H and O–H groups in total. The molecule has 53 heavy (non-hydrogen) atoms. The van der Waals surface area contributed by atoms with Crippen LogP contribution in [0.15, 0.2) is 197 Å². The Balaban J connectivity index is 1.23. The molecule has 248 valence electrons. The lowest BCUT2D eigenvalue weighted by molar-refractivity contribution is 0.670. The van der Waals surface area contributed by atoms with E-state index in [-0.39, 0.29) is 0 Å². The van der Waals surface area contributed by atoms with E-state index in [9.17, 15) is 0 Å². The van der Waals surface area contributed by atoms with Gasteiger partial charge >= 0.3 is 0 Å². The monoisotopic (exact) mass is 677 g/mol. The number of anilines is 3. The molecule has 0 amide bonds. The number of benzene rings is 9. The second-order valence-electron chi connectivity index (χ2n) is 13.6. The lowest BCUT2D eigenvalue weighted by Crippen LogP contribution is -2.09. The summed E-state index contributed by atoms with van der Waals surface area (Å²) in [7, 11) is 0. The standard InChI is InChI=1S/C50H31NO2/c1-3-17-33(18-4-1)51(34-19-5-2-6-20-34)44-26-14-28-46-48(44)43-31-42(37-22-9-10-23-39(37)49(43)53-46)40-30-29-38(36-25-13-16-32-15-7-8-21-35(32)36)47-41-24-11-12-27-45(41)52-50(40)47/h1-31H. The SMILES string of the molecule is c1ccc(N(c2ccccc2)c2cccc3oc4c5ccccc5c(-c5ccc(-c6cccc7ccccc67)c6c5oc5ccccc56)cc4c23)cc1. The number of hydrogen-bond donors (Lipinski definition) is 0. The first-order valence-electron chi connectivity index (χ1n) is 18.0. The lowest BCUT2D eigenvalue weighted by atomic mass is 9.90. The maximum absolute atomic E-state index is 6.89. The predicted octanol–water partition coefficient (Wildman–Crippen LogP) is 14.6. The summed E-state index contributed by atoms with van der Waals surface area (Å²) in [5.74, 6) is 0. The summed E-state index contributed by atoms with van der Waals surface area (Å²) in [4.78, 5) is 2.32. The van der Waals surface area contributed by atoms with E-state index in [1.54, 1.807) is 0 Å². The highest BCUT2D eigenvalue weighted by Crippen LogP contribution is 2.49. The maximum atomic E-state index is 6.89. The second-order valence-corrected chi connectivity index (χ2v) is 13.6. The summed E-state index contributed by atoms with van der Waals surface area (Å²) in [5, 5.41) is 8.97. The van der Waals surface area contributed by atoms with Crippen LogP contribution in [0.3, 0.4) is 0 Å². The van der Waals surface area contributed by atoms with Crippen molar-refractivity contribution in [3.8, 4) is 22.3 Å². The van der Waals surface area contributed by atoms with E-state index in [1.165, 1.54) is 16.3 Å². The lowest BCUT2D eigenvalue weighted by Gasteiger charge is -2.26. The number of rotatable bonds is 5. The molecule has 0 saturated carbocycles. The first-order chi connectivity index (χ1) is 26.3. The number of nitrogens with zero attached hydrogens (tertiary/aromatic N) is 1. The van der Waals surface area contributed by atoms with E-state index in [1.807, 2.05) is 6.07 Å². The van der Waals surface area contributed by atoms with Gasteiger partial charge in [-0.1, -0.05) is 133 Å². The van der Waals surface area contributed by atoms with Crippen molar-refractivity contribution in [2.24, 2.45) is 0 Å². The summed E-state index contributed by atoms with van der Waals surface area (Å²) in [6.45, 7) is 0. The zero-order valence-electron chi connectivity index (χ0n) is 28.7. The molecule has 3 nitrogen and oxygen atoms in total. The molecule has 0 radical (unpaired) electrons. The van der Waals surface area contributed by atoms with Crippen LogP contribution in [0, 0.1) is 0 Å². The Morgan fingerprint density at radius 3 is 1.70 bits per heavy atom. The quantitative estimate of drug-likeness (QED) is 0.182. The van der Waals surface area contributed by atoms with E-state index in [0.717, 1.165) is 88.4 Å². The molecule has 0 fully saturated rings. The van der Waals surface area contributed by atoms with Gasteiger partial charge in [0.15, 0.2) is 0 Å². The third kappa shape index (κ3) is 4.54. The Bertz CT molecular complexity index is 3130. The van der Waals surface area contributed by atoms with E-state index in [4.69, 9.17) is 8.83 Å². The molecule has 0 aliphatic carbocycles.